The van der Waals surface area contributed by atoms with Crippen molar-refractivity contribution in [1.29, 1.82) is 0 Å². The Morgan fingerprint density at radius 1 is 1.29 bits per heavy atom. The maximum absolute atomic E-state index is 11.9. The maximum Gasteiger partial charge on any atom is 0.233 e. The van der Waals surface area contributed by atoms with Crippen molar-refractivity contribution in [3.8, 4) is 11.3 Å². The van der Waals surface area contributed by atoms with E-state index in [9.17, 15) is 4.79 Å². The van der Waals surface area contributed by atoms with Crippen LogP contribution in [0.15, 0.2) is 47.0 Å². The fourth-order valence-corrected chi connectivity index (χ4v) is 2.00. The van der Waals surface area contributed by atoms with Crippen LogP contribution in [0.3, 0.4) is 0 Å². The fraction of sp³-hybridized carbons (Fsp3) is 0.133. The molecular weight excluding hydrogens is 268 g/mol. The number of rotatable bonds is 4. The van der Waals surface area contributed by atoms with Crippen LogP contribution >= 0.6 is 0 Å². The zero-order valence-corrected chi connectivity index (χ0v) is 11.5. The summed E-state index contributed by atoms with van der Waals surface area (Å²) in [7, 11) is 0. The van der Waals surface area contributed by atoms with E-state index in [1.165, 1.54) is 0 Å². The zero-order chi connectivity index (χ0) is 14.7. The van der Waals surface area contributed by atoms with E-state index in [1.807, 2.05) is 37.3 Å². The van der Waals surface area contributed by atoms with Crippen LogP contribution in [-0.2, 0) is 11.2 Å². The summed E-state index contributed by atoms with van der Waals surface area (Å²) < 4.78 is 5.01. The number of nitrogens with zero attached hydrogens (tertiary/aromatic N) is 2. The van der Waals surface area contributed by atoms with Gasteiger partial charge in [-0.1, -0.05) is 35.5 Å². The van der Waals surface area contributed by atoms with Crippen molar-refractivity contribution < 1.29 is 9.32 Å². The van der Waals surface area contributed by atoms with Gasteiger partial charge < -0.3 is 9.84 Å². The summed E-state index contributed by atoms with van der Waals surface area (Å²) in [6, 6.07) is 13.3. The van der Waals surface area contributed by atoms with Crippen LogP contribution < -0.4 is 5.32 Å². The lowest BCUT2D eigenvalue weighted by Crippen LogP contribution is -2.14. The average Bonchev–Trinajstić information content (AvgIpc) is 3.09. The molecule has 6 nitrogen and oxygen atoms in total. The van der Waals surface area contributed by atoms with E-state index in [2.05, 4.69) is 20.7 Å². The second kappa shape index (κ2) is 5.62. The Hall–Kier alpha value is -2.89. The molecule has 0 saturated carbocycles. The Balaban J connectivity index is 1.66. The van der Waals surface area contributed by atoms with Gasteiger partial charge >= 0.3 is 0 Å². The SMILES string of the molecule is Cc1cc(CC(=O)Nc2cc(-c3ccccc3)[nH]n2)on1. The van der Waals surface area contributed by atoms with Gasteiger partial charge in [-0.2, -0.15) is 5.10 Å². The number of hydrogen-bond acceptors (Lipinski definition) is 4. The van der Waals surface area contributed by atoms with Gasteiger partial charge in [-0.05, 0) is 12.5 Å². The molecule has 1 aromatic carbocycles. The molecule has 0 bridgehead atoms. The van der Waals surface area contributed by atoms with Crippen LogP contribution in [-0.4, -0.2) is 21.3 Å². The number of aromatic nitrogens is 3. The first-order valence-corrected chi connectivity index (χ1v) is 6.53. The highest BCUT2D eigenvalue weighted by atomic mass is 16.5. The Labute approximate surface area is 121 Å². The predicted molar refractivity (Wildman–Crippen MR) is 77.6 cm³/mol. The molecule has 3 rings (SSSR count). The molecule has 0 saturated heterocycles. The highest BCUT2D eigenvalue weighted by molar-refractivity contribution is 5.91. The number of amides is 1. The van der Waals surface area contributed by atoms with E-state index in [-0.39, 0.29) is 12.3 Å². The average molecular weight is 282 g/mol. The Kier molecular flexibility index (Phi) is 3.51. The number of aryl methyl sites for hydroxylation is 1. The van der Waals surface area contributed by atoms with E-state index >= 15 is 0 Å². The topological polar surface area (TPSA) is 83.8 Å². The number of carbonyl (C=O) groups excluding carboxylic acids is 1. The van der Waals surface area contributed by atoms with Crippen molar-refractivity contribution in [3.63, 3.8) is 0 Å². The number of carbonyl (C=O) groups is 1. The minimum absolute atomic E-state index is 0.133. The molecule has 6 heteroatoms. The van der Waals surface area contributed by atoms with Gasteiger partial charge in [0.2, 0.25) is 5.91 Å². The Morgan fingerprint density at radius 2 is 2.10 bits per heavy atom. The molecule has 2 N–H and O–H groups in total. The lowest BCUT2D eigenvalue weighted by atomic mass is 10.1. The molecule has 1 amide bonds. The van der Waals surface area contributed by atoms with Gasteiger partial charge in [0.25, 0.3) is 0 Å². The highest BCUT2D eigenvalue weighted by Crippen LogP contribution is 2.19. The van der Waals surface area contributed by atoms with Gasteiger partial charge in [0.15, 0.2) is 5.82 Å². The summed E-state index contributed by atoms with van der Waals surface area (Å²) in [4.78, 5) is 11.9. The number of H-pyrrole nitrogens is 1. The van der Waals surface area contributed by atoms with Crippen molar-refractivity contribution in [1.82, 2.24) is 15.4 Å². The van der Waals surface area contributed by atoms with Crippen LogP contribution in [0.2, 0.25) is 0 Å². The van der Waals surface area contributed by atoms with Crippen molar-refractivity contribution in [2.75, 3.05) is 5.32 Å². The molecule has 2 aromatic heterocycles. The number of benzene rings is 1. The van der Waals surface area contributed by atoms with Gasteiger partial charge in [0.05, 0.1) is 17.8 Å². The molecule has 106 valence electrons. The summed E-state index contributed by atoms with van der Waals surface area (Å²) in [6.45, 7) is 1.81. The largest absolute Gasteiger partial charge is 0.361 e. The van der Waals surface area contributed by atoms with Gasteiger partial charge in [0.1, 0.15) is 5.76 Å². The van der Waals surface area contributed by atoms with Crippen molar-refractivity contribution >= 4 is 11.7 Å². The van der Waals surface area contributed by atoms with Crippen LogP contribution in [0.1, 0.15) is 11.5 Å². The molecule has 0 unspecified atom stereocenters. The molecule has 0 atom stereocenters. The first-order valence-electron chi connectivity index (χ1n) is 6.53. The quantitative estimate of drug-likeness (QED) is 0.770. The molecule has 0 radical (unpaired) electrons. The molecule has 21 heavy (non-hydrogen) atoms. The Bertz CT molecular complexity index is 746. The number of anilines is 1. The Morgan fingerprint density at radius 3 is 2.81 bits per heavy atom. The number of aromatic amines is 1. The van der Waals surface area contributed by atoms with E-state index in [0.29, 0.717) is 11.6 Å². The predicted octanol–water partition coefficient (Wildman–Crippen LogP) is 2.55. The van der Waals surface area contributed by atoms with Crippen LogP contribution in [0.25, 0.3) is 11.3 Å². The van der Waals surface area contributed by atoms with Crippen LogP contribution in [0.4, 0.5) is 5.82 Å². The maximum atomic E-state index is 11.9. The van der Waals surface area contributed by atoms with Crippen LogP contribution in [0.5, 0.6) is 0 Å². The van der Waals surface area contributed by atoms with Crippen LogP contribution in [0, 0.1) is 6.92 Å². The fourth-order valence-electron chi connectivity index (χ4n) is 2.00. The molecule has 0 aliphatic carbocycles. The zero-order valence-electron chi connectivity index (χ0n) is 11.5. The lowest BCUT2D eigenvalue weighted by Gasteiger charge is -1.98. The number of nitrogens with one attached hydrogen (secondary N) is 2. The molecule has 2 heterocycles. The third kappa shape index (κ3) is 3.17. The van der Waals surface area contributed by atoms with Crippen molar-refractivity contribution in [3.05, 3.63) is 53.9 Å². The normalized spacial score (nSPS) is 10.5. The van der Waals surface area contributed by atoms with Gasteiger partial charge in [0, 0.05) is 12.1 Å². The van der Waals surface area contributed by atoms with E-state index in [4.69, 9.17) is 4.52 Å². The summed E-state index contributed by atoms with van der Waals surface area (Å²) in [5, 5.41) is 13.4. The standard InChI is InChI=1S/C15H14N4O2/c1-10-7-12(21-19-10)8-15(20)16-14-9-13(17-18-14)11-5-3-2-4-6-11/h2-7,9H,8H2,1H3,(H2,16,17,18,20). The monoisotopic (exact) mass is 282 g/mol. The van der Waals surface area contributed by atoms with E-state index in [1.54, 1.807) is 12.1 Å². The number of hydrogen-bond donors (Lipinski definition) is 2. The summed E-state index contributed by atoms with van der Waals surface area (Å²) in [6.07, 6.45) is 0.133. The van der Waals surface area contributed by atoms with E-state index < -0.39 is 0 Å². The second-order valence-electron chi connectivity index (χ2n) is 4.69. The molecule has 0 aliphatic heterocycles. The van der Waals surface area contributed by atoms with Crippen molar-refractivity contribution in [2.45, 2.75) is 13.3 Å². The minimum atomic E-state index is -0.197. The highest BCUT2D eigenvalue weighted by Gasteiger charge is 2.10. The molecule has 0 aliphatic rings. The van der Waals surface area contributed by atoms with E-state index in [0.717, 1.165) is 17.0 Å². The molecule has 0 fully saturated rings. The summed E-state index contributed by atoms with van der Waals surface area (Å²) >= 11 is 0. The first kappa shape index (κ1) is 13.1. The summed E-state index contributed by atoms with van der Waals surface area (Å²) in [5.74, 6) is 0.816. The van der Waals surface area contributed by atoms with Gasteiger partial charge in [-0.15, -0.1) is 0 Å². The molecule has 0 spiro atoms. The molecular formula is C15H14N4O2. The van der Waals surface area contributed by atoms with Crippen molar-refractivity contribution in [2.24, 2.45) is 0 Å². The third-order valence-corrected chi connectivity index (χ3v) is 2.94. The second-order valence-corrected chi connectivity index (χ2v) is 4.69. The minimum Gasteiger partial charge on any atom is -0.361 e. The summed E-state index contributed by atoms with van der Waals surface area (Å²) in [5.41, 5.74) is 2.61. The molecule has 3 aromatic rings. The third-order valence-electron chi connectivity index (χ3n) is 2.94. The van der Waals surface area contributed by atoms with Gasteiger partial charge in [-0.3, -0.25) is 9.89 Å². The smallest absolute Gasteiger partial charge is 0.233 e. The lowest BCUT2D eigenvalue weighted by molar-refractivity contribution is -0.115. The van der Waals surface area contributed by atoms with Gasteiger partial charge in [-0.25, -0.2) is 0 Å². The first-order chi connectivity index (χ1) is 10.2.